The third kappa shape index (κ3) is 3.44. The van der Waals surface area contributed by atoms with E-state index in [0.29, 0.717) is 11.3 Å². The molecule has 1 aromatic heterocycles. The van der Waals surface area contributed by atoms with E-state index in [2.05, 4.69) is 5.32 Å². The maximum Gasteiger partial charge on any atom is 0.158 e. The van der Waals surface area contributed by atoms with E-state index in [-0.39, 0.29) is 5.82 Å². The molecule has 6 aromatic rings. The number of furan rings is 1. The number of halogens is 1. The molecule has 0 aliphatic heterocycles. The maximum atomic E-state index is 15.7. The molecule has 3 heteroatoms. The van der Waals surface area contributed by atoms with E-state index in [0.717, 1.165) is 44.3 Å². The summed E-state index contributed by atoms with van der Waals surface area (Å²) in [6, 6.07) is 37.2. The molecule has 0 aliphatic carbocycles. The zero-order valence-electron chi connectivity index (χ0n) is 17.8. The van der Waals surface area contributed by atoms with E-state index in [1.807, 2.05) is 109 Å². The summed E-state index contributed by atoms with van der Waals surface area (Å²) in [7, 11) is 0. The Bertz CT molecular complexity index is 1590. The van der Waals surface area contributed by atoms with Crippen LogP contribution in [0.1, 0.15) is 0 Å². The Morgan fingerprint density at radius 2 is 1.24 bits per heavy atom. The maximum absolute atomic E-state index is 15.7. The molecule has 6 rings (SSSR count). The van der Waals surface area contributed by atoms with Crippen molar-refractivity contribution in [2.75, 3.05) is 5.32 Å². The number of hydrogen-bond donors (Lipinski definition) is 1. The number of hydrogen-bond acceptors (Lipinski definition) is 2. The van der Waals surface area contributed by atoms with Gasteiger partial charge in [0.1, 0.15) is 11.4 Å². The summed E-state index contributed by atoms with van der Waals surface area (Å²) in [5.41, 5.74) is 6.21. The lowest BCUT2D eigenvalue weighted by atomic mass is 9.96. The molecule has 0 unspecified atom stereocenters. The van der Waals surface area contributed by atoms with Crippen LogP contribution in [-0.2, 0) is 0 Å². The SMILES string of the molecule is Fc1cc(-c2ccccc2)cc(-c2ccccc2)c1Nc1cccc2c1oc1ccccc12. The van der Waals surface area contributed by atoms with Crippen molar-refractivity contribution in [3.05, 3.63) is 121 Å². The second-order valence-corrected chi connectivity index (χ2v) is 8.02. The van der Waals surface area contributed by atoms with Crippen LogP contribution in [-0.4, -0.2) is 0 Å². The Kier molecular flexibility index (Phi) is 4.66. The summed E-state index contributed by atoms with van der Waals surface area (Å²) in [5.74, 6) is -0.316. The lowest BCUT2D eigenvalue weighted by Crippen LogP contribution is -1.98. The van der Waals surface area contributed by atoms with Gasteiger partial charge in [-0.25, -0.2) is 4.39 Å². The van der Waals surface area contributed by atoms with Crippen LogP contribution in [0.5, 0.6) is 0 Å². The highest BCUT2D eigenvalue weighted by Crippen LogP contribution is 2.40. The largest absolute Gasteiger partial charge is 0.454 e. The standard InChI is InChI=1S/C30H20FNO/c31-26-19-22(20-10-3-1-4-11-20)18-25(21-12-5-2-6-13-21)29(26)32-27-16-9-15-24-23-14-7-8-17-28(23)33-30(24)27/h1-19,32H. The number of rotatable bonds is 4. The van der Waals surface area contributed by atoms with Gasteiger partial charge in [-0.15, -0.1) is 0 Å². The van der Waals surface area contributed by atoms with E-state index in [9.17, 15) is 0 Å². The van der Waals surface area contributed by atoms with Crippen molar-refractivity contribution in [2.45, 2.75) is 0 Å². The summed E-state index contributed by atoms with van der Waals surface area (Å²) >= 11 is 0. The van der Waals surface area contributed by atoms with Crippen molar-refractivity contribution >= 4 is 33.3 Å². The van der Waals surface area contributed by atoms with Crippen molar-refractivity contribution in [1.82, 2.24) is 0 Å². The van der Waals surface area contributed by atoms with E-state index in [1.165, 1.54) is 0 Å². The van der Waals surface area contributed by atoms with Crippen LogP contribution < -0.4 is 5.32 Å². The van der Waals surface area contributed by atoms with Gasteiger partial charge in [-0.05, 0) is 41.0 Å². The summed E-state index contributed by atoms with van der Waals surface area (Å²) in [4.78, 5) is 0. The molecule has 158 valence electrons. The fourth-order valence-corrected chi connectivity index (χ4v) is 4.36. The number of anilines is 2. The van der Waals surface area contributed by atoms with E-state index in [1.54, 1.807) is 6.07 Å². The smallest absolute Gasteiger partial charge is 0.158 e. The number of benzene rings is 5. The first-order chi connectivity index (χ1) is 16.3. The minimum Gasteiger partial charge on any atom is -0.454 e. The van der Waals surface area contributed by atoms with Crippen molar-refractivity contribution in [3.63, 3.8) is 0 Å². The molecule has 5 aromatic carbocycles. The van der Waals surface area contributed by atoms with Gasteiger partial charge < -0.3 is 9.73 Å². The van der Waals surface area contributed by atoms with Crippen LogP contribution in [0.4, 0.5) is 15.8 Å². The summed E-state index contributed by atoms with van der Waals surface area (Å²) < 4.78 is 21.8. The topological polar surface area (TPSA) is 25.2 Å². The van der Waals surface area contributed by atoms with Gasteiger partial charge in [0.15, 0.2) is 5.58 Å². The fraction of sp³-hybridized carbons (Fsp3) is 0. The van der Waals surface area contributed by atoms with Crippen LogP contribution >= 0.6 is 0 Å². The minimum absolute atomic E-state index is 0.316. The average Bonchev–Trinajstić information content (AvgIpc) is 3.26. The van der Waals surface area contributed by atoms with Crippen LogP contribution in [0.15, 0.2) is 120 Å². The molecule has 0 atom stereocenters. The summed E-state index contributed by atoms with van der Waals surface area (Å²) in [5, 5.41) is 5.39. The molecule has 1 heterocycles. The van der Waals surface area contributed by atoms with Crippen LogP contribution in [0, 0.1) is 5.82 Å². The Hall–Kier alpha value is -4.37. The zero-order chi connectivity index (χ0) is 22.2. The van der Waals surface area contributed by atoms with Crippen molar-refractivity contribution in [1.29, 1.82) is 0 Å². The second kappa shape index (κ2) is 7.95. The summed E-state index contributed by atoms with van der Waals surface area (Å²) in [6.07, 6.45) is 0. The number of para-hydroxylation sites is 2. The van der Waals surface area contributed by atoms with E-state index in [4.69, 9.17) is 4.42 Å². The highest BCUT2D eigenvalue weighted by molar-refractivity contribution is 6.09. The molecule has 0 amide bonds. The Labute approximate surface area is 190 Å². The van der Waals surface area contributed by atoms with Gasteiger partial charge >= 0.3 is 0 Å². The lowest BCUT2D eigenvalue weighted by Gasteiger charge is -2.16. The number of nitrogens with one attached hydrogen (secondary N) is 1. The van der Waals surface area contributed by atoms with E-state index >= 15 is 4.39 Å². The molecule has 2 nitrogen and oxygen atoms in total. The Morgan fingerprint density at radius 3 is 2.03 bits per heavy atom. The first-order valence-corrected chi connectivity index (χ1v) is 10.9. The van der Waals surface area contributed by atoms with Gasteiger partial charge in [-0.1, -0.05) is 91.0 Å². The average molecular weight is 429 g/mol. The predicted molar refractivity (Wildman–Crippen MR) is 134 cm³/mol. The number of fused-ring (bicyclic) bond motifs is 3. The molecule has 0 radical (unpaired) electrons. The Balaban J connectivity index is 1.54. The lowest BCUT2D eigenvalue weighted by molar-refractivity contribution is 0.632. The molecule has 0 fully saturated rings. The first-order valence-electron chi connectivity index (χ1n) is 10.9. The minimum atomic E-state index is -0.316. The molecule has 0 saturated carbocycles. The molecular weight excluding hydrogens is 409 g/mol. The predicted octanol–water partition coefficient (Wildman–Crippen LogP) is 8.80. The van der Waals surface area contributed by atoms with Gasteiger partial charge in [0.25, 0.3) is 0 Å². The molecule has 0 aliphatic rings. The first kappa shape index (κ1) is 19.3. The molecule has 0 spiro atoms. The second-order valence-electron chi connectivity index (χ2n) is 8.02. The van der Waals surface area contributed by atoms with Gasteiger partial charge in [-0.2, -0.15) is 0 Å². The van der Waals surface area contributed by atoms with Crippen LogP contribution in [0.2, 0.25) is 0 Å². The van der Waals surface area contributed by atoms with Gasteiger partial charge in [0.2, 0.25) is 0 Å². The monoisotopic (exact) mass is 429 g/mol. The van der Waals surface area contributed by atoms with Gasteiger partial charge in [0, 0.05) is 16.3 Å². The van der Waals surface area contributed by atoms with Crippen molar-refractivity contribution < 1.29 is 8.81 Å². The Morgan fingerprint density at radius 1 is 0.576 bits per heavy atom. The zero-order valence-corrected chi connectivity index (χ0v) is 17.8. The summed E-state index contributed by atoms with van der Waals surface area (Å²) in [6.45, 7) is 0. The highest BCUT2D eigenvalue weighted by Gasteiger charge is 2.17. The molecular formula is C30H20FNO. The highest BCUT2D eigenvalue weighted by atomic mass is 19.1. The molecule has 0 bridgehead atoms. The third-order valence-corrected chi connectivity index (χ3v) is 5.95. The fourth-order valence-electron chi connectivity index (χ4n) is 4.36. The molecule has 33 heavy (non-hydrogen) atoms. The van der Waals surface area contributed by atoms with Crippen LogP contribution in [0.3, 0.4) is 0 Å². The van der Waals surface area contributed by atoms with E-state index < -0.39 is 0 Å². The van der Waals surface area contributed by atoms with Gasteiger partial charge in [0.05, 0.1) is 11.4 Å². The molecule has 1 N–H and O–H groups in total. The van der Waals surface area contributed by atoms with Crippen molar-refractivity contribution in [3.8, 4) is 22.3 Å². The molecule has 0 saturated heterocycles. The third-order valence-electron chi connectivity index (χ3n) is 5.95. The normalized spacial score (nSPS) is 11.2. The van der Waals surface area contributed by atoms with Crippen molar-refractivity contribution in [2.24, 2.45) is 0 Å². The van der Waals surface area contributed by atoms with Gasteiger partial charge in [-0.3, -0.25) is 0 Å². The quantitative estimate of drug-likeness (QED) is 0.303. The van der Waals surface area contributed by atoms with Crippen LogP contribution in [0.25, 0.3) is 44.2 Å².